The first-order chi connectivity index (χ1) is 13.0. The molecule has 2 saturated heterocycles. The van der Waals surface area contributed by atoms with Crippen molar-refractivity contribution in [2.75, 3.05) is 61.5 Å². The molecule has 0 spiro atoms. The van der Waals surface area contributed by atoms with Gasteiger partial charge in [-0.2, -0.15) is 0 Å². The highest BCUT2D eigenvalue weighted by molar-refractivity contribution is 6.44. The summed E-state index contributed by atoms with van der Waals surface area (Å²) in [5.41, 5.74) is -0.436. The van der Waals surface area contributed by atoms with Crippen molar-refractivity contribution in [3.05, 3.63) is 0 Å². The lowest BCUT2D eigenvalue weighted by Crippen LogP contribution is -2.58. The Morgan fingerprint density at radius 2 is 1.56 bits per heavy atom. The molecule has 0 radical (unpaired) electrons. The van der Waals surface area contributed by atoms with Gasteiger partial charge in [0.1, 0.15) is 18.3 Å². The van der Waals surface area contributed by atoms with Gasteiger partial charge in [-0.05, 0) is 6.04 Å². The van der Waals surface area contributed by atoms with Crippen LogP contribution in [0.2, 0.25) is 6.04 Å². The fraction of sp³-hybridized carbons (Fsp3) is 1.00. The molecule has 0 aromatic carbocycles. The van der Waals surface area contributed by atoms with Crippen LogP contribution in [0.3, 0.4) is 0 Å². The van der Waals surface area contributed by atoms with Crippen molar-refractivity contribution in [1.29, 1.82) is 0 Å². The molecule has 0 N–H and O–H groups in total. The molecule has 0 aliphatic carbocycles. The van der Waals surface area contributed by atoms with Gasteiger partial charge in [0.15, 0.2) is 5.79 Å². The molecule has 2 aliphatic heterocycles. The van der Waals surface area contributed by atoms with Crippen LogP contribution < -0.4 is 0 Å². The number of hydrogen-bond donors (Lipinski definition) is 0. The minimum Gasteiger partial charge on any atom is -0.400 e. The van der Waals surface area contributed by atoms with E-state index in [0.29, 0.717) is 32.3 Å². The zero-order valence-electron chi connectivity index (χ0n) is 17.5. The van der Waals surface area contributed by atoms with Gasteiger partial charge < -0.3 is 37.3 Å². The van der Waals surface area contributed by atoms with Gasteiger partial charge in [0.2, 0.25) is 0 Å². The van der Waals surface area contributed by atoms with E-state index in [4.69, 9.17) is 37.3 Å². The Balaban J connectivity index is 2.22. The van der Waals surface area contributed by atoms with Crippen molar-refractivity contribution in [3.8, 4) is 0 Å². The molecule has 27 heavy (non-hydrogen) atoms. The molecular weight excluding hydrogens is 372 g/mol. The second-order valence-corrected chi connectivity index (χ2v) is 9.68. The summed E-state index contributed by atoms with van der Waals surface area (Å²) >= 11 is 0. The second-order valence-electron chi connectivity index (χ2n) is 7.47. The van der Waals surface area contributed by atoms with Crippen LogP contribution in [-0.4, -0.2) is 94.9 Å². The zero-order valence-corrected chi connectivity index (χ0v) is 18.7. The Morgan fingerprint density at radius 3 is 2.00 bits per heavy atom. The molecule has 2 aliphatic rings. The highest BCUT2D eigenvalue weighted by atomic mass is 28.3. The van der Waals surface area contributed by atoms with Crippen LogP contribution in [0.15, 0.2) is 0 Å². The summed E-state index contributed by atoms with van der Waals surface area (Å²) in [6.07, 6.45) is 0.587. The topological polar surface area (TPSA) is 80.4 Å². The normalized spacial score (nSPS) is 25.4. The highest BCUT2D eigenvalue weighted by Gasteiger charge is 2.52. The molecule has 8 nitrogen and oxygen atoms in total. The van der Waals surface area contributed by atoms with Crippen LogP contribution in [-0.2, 0) is 37.3 Å². The molecule has 4 atom stereocenters. The van der Waals surface area contributed by atoms with E-state index in [1.165, 1.54) is 0 Å². The minimum atomic E-state index is -1.90. The number of rotatable bonds is 16. The largest absolute Gasteiger partial charge is 0.400 e. The minimum absolute atomic E-state index is 0.138. The molecule has 0 saturated carbocycles. The summed E-state index contributed by atoms with van der Waals surface area (Å²) in [5.74, 6) is -0.899. The predicted octanol–water partition coefficient (Wildman–Crippen LogP) is 1.10. The molecule has 160 valence electrons. The molecule has 9 heteroatoms. The second kappa shape index (κ2) is 10.6. The summed E-state index contributed by atoms with van der Waals surface area (Å²) in [7, 11) is 4.78. The fourth-order valence-electron chi connectivity index (χ4n) is 3.47. The van der Waals surface area contributed by atoms with Gasteiger partial charge in [-0.3, -0.25) is 0 Å². The third kappa shape index (κ3) is 6.45. The molecule has 4 unspecified atom stereocenters. The first-order valence-corrected chi connectivity index (χ1v) is 11.3. The molecule has 2 fully saturated rings. The Labute approximate surface area is 164 Å². The van der Waals surface area contributed by atoms with Crippen molar-refractivity contribution < 1.29 is 37.3 Å². The molecule has 0 amide bonds. The number of ether oxygens (including phenoxy) is 6. The summed E-state index contributed by atoms with van der Waals surface area (Å²) in [4.78, 5) is 0. The first-order valence-electron chi connectivity index (χ1n) is 9.55. The van der Waals surface area contributed by atoms with Gasteiger partial charge in [-0.15, -0.1) is 0 Å². The van der Waals surface area contributed by atoms with E-state index in [-0.39, 0.29) is 18.3 Å². The molecule has 0 aromatic rings. The van der Waals surface area contributed by atoms with Gasteiger partial charge in [-0.1, -0.05) is 13.8 Å². The van der Waals surface area contributed by atoms with Crippen LogP contribution in [0, 0.1) is 5.41 Å². The molecule has 0 bridgehead atoms. The standard InChI is InChI=1S/C18H36O8Si/c1-7-18(19-3,20-4)16(26-11-15-10-25-15)17(2,13-27(21-5)22-6)12-23-8-14-9-24-14/h14-16,27H,7-13H2,1-6H3. The fourth-order valence-corrected chi connectivity index (χ4v) is 5.09. The van der Waals surface area contributed by atoms with Crippen molar-refractivity contribution in [2.45, 2.75) is 50.4 Å². The van der Waals surface area contributed by atoms with E-state index in [0.717, 1.165) is 13.2 Å². The maximum Gasteiger partial charge on any atom is 0.321 e. The van der Waals surface area contributed by atoms with Crippen LogP contribution >= 0.6 is 0 Å². The maximum atomic E-state index is 6.36. The molecule has 0 aromatic heterocycles. The number of epoxide rings is 2. The van der Waals surface area contributed by atoms with Gasteiger partial charge >= 0.3 is 9.28 Å². The van der Waals surface area contributed by atoms with Crippen LogP contribution in [0.1, 0.15) is 20.3 Å². The molecule has 2 heterocycles. The SMILES string of the molecule is CCC(OC)(OC)C(OCC1CO1)C(C)(COCC1CO1)C[SiH](OC)OC. The van der Waals surface area contributed by atoms with E-state index < -0.39 is 20.5 Å². The van der Waals surface area contributed by atoms with Gasteiger partial charge in [0.05, 0.1) is 33.0 Å². The van der Waals surface area contributed by atoms with E-state index in [2.05, 4.69) is 6.92 Å². The zero-order chi connectivity index (χ0) is 19.9. The van der Waals surface area contributed by atoms with Crippen molar-refractivity contribution in [3.63, 3.8) is 0 Å². The molecular formula is C18H36O8Si. The number of hydrogen-bond acceptors (Lipinski definition) is 8. The van der Waals surface area contributed by atoms with E-state index >= 15 is 0 Å². The van der Waals surface area contributed by atoms with Crippen molar-refractivity contribution in [2.24, 2.45) is 5.41 Å². The summed E-state index contributed by atoms with van der Waals surface area (Å²) < 4.78 is 45.9. The predicted molar refractivity (Wildman–Crippen MR) is 101 cm³/mol. The Kier molecular flexibility index (Phi) is 9.11. The van der Waals surface area contributed by atoms with Gasteiger partial charge in [-0.25, -0.2) is 0 Å². The average Bonchev–Trinajstić information content (AvgIpc) is 3.59. The lowest BCUT2D eigenvalue weighted by molar-refractivity contribution is -0.298. The van der Waals surface area contributed by atoms with Crippen LogP contribution in [0.4, 0.5) is 0 Å². The van der Waals surface area contributed by atoms with Crippen LogP contribution in [0.25, 0.3) is 0 Å². The lowest BCUT2D eigenvalue weighted by Gasteiger charge is -2.47. The van der Waals surface area contributed by atoms with Crippen molar-refractivity contribution in [1.82, 2.24) is 0 Å². The number of methoxy groups -OCH3 is 2. The summed E-state index contributed by atoms with van der Waals surface area (Å²) in [5, 5.41) is 0. The third-order valence-electron chi connectivity index (χ3n) is 5.36. The average molecular weight is 409 g/mol. The van der Waals surface area contributed by atoms with E-state index in [1.807, 2.05) is 6.92 Å². The third-order valence-corrected chi connectivity index (χ3v) is 7.68. The quantitative estimate of drug-likeness (QED) is 0.213. The Morgan fingerprint density at radius 1 is 1.00 bits per heavy atom. The maximum absolute atomic E-state index is 6.36. The van der Waals surface area contributed by atoms with Gasteiger partial charge in [0, 0.05) is 40.3 Å². The van der Waals surface area contributed by atoms with Crippen molar-refractivity contribution >= 4 is 9.28 Å². The van der Waals surface area contributed by atoms with Gasteiger partial charge in [0.25, 0.3) is 0 Å². The molecule has 2 rings (SSSR count). The van der Waals surface area contributed by atoms with Crippen LogP contribution in [0.5, 0.6) is 0 Å². The monoisotopic (exact) mass is 408 g/mol. The Bertz CT molecular complexity index is 415. The summed E-state index contributed by atoms with van der Waals surface area (Å²) in [6, 6.07) is 0.691. The summed E-state index contributed by atoms with van der Waals surface area (Å²) in [6.45, 7) is 7.17. The highest BCUT2D eigenvalue weighted by Crippen LogP contribution is 2.41. The lowest BCUT2D eigenvalue weighted by atomic mass is 9.80. The smallest absolute Gasteiger partial charge is 0.321 e. The first kappa shape index (κ1) is 23.2. The van der Waals surface area contributed by atoms with E-state index in [9.17, 15) is 0 Å². The Hall–Kier alpha value is -0.103. The van der Waals surface area contributed by atoms with E-state index in [1.54, 1.807) is 28.4 Å².